The highest BCUT2D eigenvalue weighted by Crippen LogP contribution is 2.65. The summed E-state index contributed by atoms with van der Waals surface area (Å²) >= 11 is 0. The highest BCUT2D eigenvalue weighted by Gasteiger charge is 2.59. The Hall–Kier alpha value is -0.890. The van der Waals surface area contributed by atoms with Gasteiger partial charge in [0.05, 0.1) is 6.10 Å². The molecule has 0 bridgehead atoms. The number of ketones is 1. The fraction of sp³-hybridized carbons (Fsp3) is 0.762. The van der Waals surface area contributed by atoms with E-state index in [0.717, 1.165) is 44.1 Å². The third-order valence-corrected chi connectivity index (χ3v) is 8.08. The van der Waals surface area contributed by atoms with Gasteiger partial charge in [0, 0.05) is 6.42 Å². The van der Waals surface area contributed by atoms with Crippen LogP contribution in [0, 0.1) is 28.6 Å². The zero-order chi connectivity index (χ0) is 16.4. The summed E-state index contributed by atoms with van der Waals surface area (Å²) in [5.41, 5.74) is 3.00. The predicted molar refractivity (Wildman–Crippen MR) is 91.9 cm³/mol. The van der Waals surface area contributed by atoms with Crippen LogP contribution in [0.2, 0.25) is 0 Å². The van der Waals surface area contributed by atoms with Gasteiger partial charge in [-0.25, -0.2) is 0 Å². The van der Waals surface area contributed by atoms with E-state index in [1.807, 2.05) is 6.92 Å². The number of carbonyl (C=O) groups is 1. The number of Topliss-reactive ketones (excluding diaryl/α,β-unsaturated/α-hetero) is 1. The summed E-state index contributed by atoms with van der Waals surface area (Å²) in [6.07, 6.45) is 11.6. The Morgan fingerprint density at radius 1 is 1.13 bits per heavy atom. The smallest absolute Gasteiger partial charge is 0.159 e. The first-order valence-corrected chi connectivity index (χ1v) is 9.47. The first kappa shape index (κ1) is 15.6. The van der Waals surface area contributed by atoms with Gasteiger partial charge < -0.3 is 5.11 Å². The lowest BCUT2D eigenvalue weighted by Crippen LogP contribution is -2.49. The Balaban J connectivity index is 1.71. The summed E-state index contributed by atoms with van der Waals surface area (Å²) in [5.74, 6) is 2.29. The number of carbonyl (C=O) groups excluding carboxylic acids is 1. The van der Waals surface area contributed by atoms with Crippen molar-refractivity contribution in [1.29, 1.82) is 0 Å². The molecule has 0 aromatic carbocycles. The molecule has 0 aromatic rings. The van der Waals surface area contributed by atoms with Crippen molar-refractivity contribution in [3.8, 4) is 0 Å². The maximum Gasteiger partial charge on any atom is 0.159 e. The number of rotatable bonds is 0. The van der Waals surface area contributed by atoms with Crippen LogP contribution < -0.4 is 0 Å². The van der Waals surface area contributed by atoms with E-state index in [1.165, 1.54) is 12.0 Å². The number of fused-ring (bicyclic) bond motifs is 5. The van der Waals surface area contributed by atoms with Crippen LogP contribution in [0.3, 0.4) is 0 Å². The zero-order valence-electron chi connectivity index (χ0n) is 14.8. The van der Waals surface area contributed by atoms with Gasteiger partial charge in [-0.1, -0.05) is 31.6 Å². The summed E-state index contributed by atoms with van der Waals surface area (Å²) in [4.78, 5) is 12.5. The maximum absolute atomic E-state index is 12.5. The van der Waals surface area contributed by atoms with E-state index < -0.39 is 0 Å². The van der Waals surface area contributed by atoms with Crippen LogP contribution >= 0.6 is 0 Å². The second-order valence-electron chi connectivity index (χ2n) is 8.94. The zero-order valence-corrected chi connectivity index (χ0v) is 14.8. The Morgan fingerprint density at radius 3 is 2.61 bits per heavy atom. The lowest BCUT2D eigenvalue weighted by Gasteiger charge is -2.57. The SMILES string of the molecule is C/C=C1\C(=O)C[C@@H]2[C@H]3CC=C4C[C@@H](O)CC[C@]4(C)[C@@H]3CC[C@@]12C. The van der Waals surface area contributed by atoms with E-state index in [-0.39, 0.29) is 16.9 Å². The Kier molecular flexibility index (Phi) is 3.43. The molecule has 2 nitrogen and oxygen atoms in total. The lowest BCUT2D eigenvalue weighted by atomic mass is 9.48. The molecule has 0 amide bonds. The van der Waals surface area contributed by atoms with Gasteiger partial charge in [0.2, 0.25) is 0 Å². The molecule has 3 fully saturated rings. The highest BCUT2D eigenvalue weighted by molar-refractivity contribution is 5.99. The maximum atomic E-state index is 12.5. The molecule has 0 radical (unpaired) electrons. The van der Waals surface area contributed by atoms with E-state index in [4.69, 9.17) is 0 Å². The molecular formula is C21H30O2. The number of hydrogen-bond donors (Lipinski definition) is 1. The van der Waals surface area contributed by atoms with E-state index in [0.29, 0.717) is 23.5 Å². The van der Waals surface area contributed by atoms with Gasteiger partial charge in [-0.3, -0.25) is 4.79 Å². The summed E-state index contributed by atoms with van der Waals surface area (Å²) in [5, 5.41) is 10.1. The molecule has 3 saturated carbocycles. The van der Waals surface area contributed by atoms with Crippen molar-refractivity contribution >= 4 is 5.78 Å². The standard InChI is InChI=1S/C21H30O2/c1-4-16-19(23)12-18-15-6-5-13-11-14(22)7-9-20(13,2)17(15)8-10-21(16,18)3/h4-5,14-15,17-18,22H,6-12H2,1-3H3/b16-4+/t14-,15-,17+,18+,20-,21-/m0/s1. The quantitative estimate of drug-likeness (QED) is 0.530. The summed E-state index contributed by atoms with van der Waals surface area (Å²) < 4.78 is 0. The minimum atomic E-state index is -0.137. The average molecular weight is 314 g/mol. The molecule has 2 heteroatoms. The average Bonchev–Trinajstić information content (AvgIpc) is 2.77. The molecular weight excluding hydrogens is 284 g/mol. The fourth-order valence-corrected chi connectivity index (χ4v) is 6.79. The molecule has 4 aliphatic rings. The molecule has 0 aromatic heterocycles. The Bertz CT molecular complexity index is 601. The van der Waals surface area contributed by atoms with Crippen LogP contribution in [0.5, 0.6) is 0 Å². The topological polar surface area (TPSA) is 37.3 Å². The Labute approximate surface area is 140 Å². The third-order valence-electron chi connectivity index (χ3n) is 8.08. The summed E-state index contributed by atoms with van der Waals surface area (Å²) in [6.45, 7) is 6.83. The van der Waals surface area contributed by atoms with Gasteiger partial charge >= 0.3 is 0 Å². The van der Waals surface area contributed by atoms with Crippen molar-refractivity contribution in [2.24, 2.45) is 28.6 Å². The normalized spacial score (nSPS) is 51.0. The van der Waals surface area contributed by atoms with Crippen LogP contribution in [0.15, 0.2) is 23.3 Å². The molecule has 0 unspecified atom stereocenters. The van der Waals surface area contributed by atoms with Crippen LogP contribution in [0.25, 0.3) is 0 Å². The first-order chi connectivity index (χ1) is 10.9. The minimum Gasteiger partial charge on any atom is -0.393 e. The number of aliphatic hydroxyl groups is 1. The summed E-state index contributed by atoms with van der Waals surface area (Å²) in [6, 6.07) is 0. The van der Waals surface area contributed by atoms with Gasteiger partial charge in [-0.2, -0.15) is 0 Å². The van der Waals surface area contributed by atoms with E-state index >= 15 is 0 Å². The minimum absolute atomic E-state index is 0.114. The fourth-order valence-electron chi connectivity index (χ4n) is 6.79. The monoisotopic (exact) mass is 314 g/mol. The molecule has 126 valence electrons. The Morgan fingerprint density at radius 2 is 1.87 bits per heavy atom. The predicted octanol–water partition coefficient (Wildman–Crippen LogP) is 4.44. The lowest BCUT2D eigenvalue weighted by molar-refractivity contribution is -0.115. The van der Waals surface area contributed by atoms with Crippen molar-refractivity contribution in [1.82, 2.24) is 0 Å². The van der Waals surface area contributed by atoms with Gasteiger partial charge in [0.1, 0.15) is 0 Å². The van der Waals surface area contributed by atoms with Crippen LogP contribution in [-0.2, 0) is 4.79 Å². The molecule has 4 aliphatic carbocycles. The first-order valence-electron chi connectivity index (χ1n) is 9.47. The number of allylic oxidation sites excluding steroid dienone is 3. The van der Waals surface area contributed by atoms with Crippen molar-refractivity contribution < 1.29 is 9.90 Å². The van der Waals surface area contributed by atoms with Crippen molar-refractivity contribution in [3.05, 3.63) is 23.3 Å². The highest BCUT2D eigenvalue weighted by atomic mass is 16.3. The molecule has 0 aliphatic heterocycles. The van der Waals surface area contributed by atoms with Gasteiger partial charge in [-0.05, 0) is 79.6 Å². The molecule has 0 spiro atoms. The molecule has 4 rings (SSSR count). The van der Waals surface area contributed by atoms with Crippen molar-refractivity contribution in [2.75, 3.05) is 0 Å². The van der Waals surface area contributed by atoms with E-state index in [2.05, 4.69) is 26.0 Å². The van der Waals surface area contributed by atoms with E-state index in [9.17, 15) is 9.90 Å². The molecule has 0 heterocycles. The molecule has 6 atom stereocenters. The molecule has 1 N–H and O–H groups in total. The van der Waals surface area contributed by atoms with Crippen molar-refractivity contribution in [3.63, 3.8) is 0 Å². The van der Waals surface area contributed by atoms with Gasteiger partial charge in [-0.15, -0.1) is 0 Å². The van der Waals surface area contributed by atoms with Crippen LogP contribution in [-0.4, -0.2) is 17.0 Å². The second kappa shape index (κ2) is 5.05. The van der Waals surface area contributed by atoms with Gasteiger partial charge in [0.15, 0.2) is 5.78 Å². The third kappa shape index (κ3) is 2.00. The van der Waals surface area contributed by atoms with Gasteiger partial charge in [0.25, 0.3) is 0 Å². The van der Waals surface area contributed by atoms with Crippen molar-refractivity contribution in [2.45, 2.75) is 71.8 Å². The molecule has 0 saturated heterocycles. The molecule has 23 heavy (non-hydrogen) atoms. The van der Waals surface area contributed by atoms with E-state index in [1.54, 1.807) is 0 Å². The summed E-state index contributed by atoms with van der Waals surface area (Å²) in [7, 11) is 0. The largest absolute Gasteiger partial charge is 0.393 e. The van der Waals surface area contributed by atoms with Crippen LogP contribution in [0.4, 0.5) is 0 Å². The number of hydrogen-bond acceptors (Lipinski definition) is 2. The number of aliphatic hydroxyl groups excluding tert-OH is 1. The van der Waals surface area contributed by atoms with Crippen LogP contribution in [0.1, 0.15) is 65.7 Å². The second-order valence-corrected chi connectivity index (χ2v) is 8.94.